The van der Waals surface area contributed by atoms with Crippen molar-refractivity contribution in [1.82, 2.24) is 24.3 Å². The number of nitrogens with zero attached hydrogens (tertiary/aromatic N) is 5. The zero-order valence-corrected chi connectivity index (χ0v) is 19.9. The largest absolute Gasteiger partial charge is 0.379 e. The van der Waals surface area contributed by atoms with Gasteiger partial charge in [-0.3, -0.25) is 9.88 Å². The average Bonchev–Trinajstić information content (AvgIpc) is 3.20. The highest BCUT2D eigenvalue weighted by molar-refractivity contribution is 6.30. The zero-order valence-electron chi connectivity index (χ0n) is 19.1. The van der Waals surface area contributed by atoms with E-state index >= 15 is 0 Å². The van der Waals surface area contributed by atoms with Crippen molar-refractivity contribution >= 4 is 29.3 Å². The normalized spacial score (nSPS) is 20.1. The number of imidazole rings is 1. The molecule has 1 aromatic carbocycles. The summed E-state index contributed by atoms with van der Waals surface area (Å²) < 4.78 is 1.82. The van der Waals surface area contributed by atoms with Crippen LogP contribution in [0.25, 0.3) is 11.6 Å². The molecule has 8 nitrogen and oxygen atoms in total. The summed E-state index contributed by atoms with van der Waals surface area (Å²) in [6.07, 6.45) is 7.15. The zero-order chi connectivity index (χ0) is 24.0. The van der Waals surface area contributed by atoms with Gasteiger partial charge in [0.25, 0.3) is 0 Å². The molecule has 3 heterocycles. The molecule has 9 heteroatoms. The Balaban J connectivity index is 1.69. The molecule has 34 heavy (non-hydrogen) atoms. The van der Waals surface area contributed by atoms with Crippen LogP contribution in [-0.2, 0) is 12.6 Å². The molecule has 2 aromatic heterocycles. The van der Waals surface area contributed by atoms with Crippen LogP contribution in [0, 0.1) is 0 Å². The maximum atomic E-state index is 11.9. The standard InChI is InChI=1S/C25H27ClN6O2/c1-25(34,21-14-28-15-30(21)2)20-12-16-4-3-7-29-22(16)23(18-6-5-17(26)13-19(18)20)31-8-10-32(11-9-31)24(27)33/h3-7,12-15,23,34H,8-11H2,1-2H3,(H2,27,33)/t23-,25-/m0/s1. The van der Waals surface area contributed by atoms with Gasteiger partial charge in [-0.2, -0.15) is 0 Å². The number of fused-ring (bicyclic) bond motifs is 2. The number of nitrogens with two attached hydrogens (primary N) is 1. The van der Waals surface area contributed by atoms with E-state index < -0.39 is 11.6 Å². The first-order chi connectivity index (χ1) is 16.3. The van der Waals surface area contributed by atoms with Crippen LogP contribution in [0.4, 0.5) is 4.79 Å². The summed E-state index contributed by atoms with van der Waals surface area (Å²) in [5.74, 6) is 0. The van der Waals surface area contributed by atoms with E-state index in [0.29, 0.717) is 36.9 Å². The third kappa shape index (κ3) is 3.77. The van der Waals surface area contributed by atoms with Gasteiger partial charge in [-0.15, -0.1) is 0 Å². The molecule has 1 aliphatic heterocycles. The second kappa shape index (κ2) is 8.54. The number of benzene rings is 1. The SMILES string of the molecule is Cn1cncc1[C@@](C)(O)C1=Cc2cccnc2[C@@H](N2CCN(C(N)=O)CC2)c2ccc(Cl)cc21. The Kier molecular flexibility index (Phi) is 5.67. The van der Waals surface area contributed by atoms with Gasteiger partial charge in [0.05, 0.1) is 30.0 Å². The number of rotatable bonds is 3. The van der Waals surface area contributed by atoms with Gasteiger partial charge >= 0.3 is 6.03 Å². The predicted molar refractivity (Wildman–Crippen MR) is 131 cm³/mol. The molecule has 0 saturated carbocycles. The van der Waals surface area contributed by atoms with E-state index in [9.17, 15) is 9.90 Å². The fraction of sp³-hybridized carbons (Fsp3) is 0.320. The Hall–Kier alpha value is -3.20. The van der Waals surface area contributed by atoms with E-state index in [0.717, 1.165) is 28.0 Å². The summed E-state index contributed by atoms with van der Waals surface area (Å²) in [6, 6.07) is 9.14. The quantitative estimate of drug-likeness (QED) is 0.602. The van der Waals surface area contributed by atoms with Crippen molar-refractivity contribution in [3.05, 3.63) is 82.2 Å². The summed E-state index contributed by atoms with van der Waals surface area (Å²) in [5, 5.41) is 12.5. The second-order valence-electron chi connectivity index (χ2n) is 8.99. The minimum absolute atomic E-state index is 0.172. The Morgan fingerprint density at radius 3 is 2.68 bits per heavy atom. The van der Waals surface area contributed by atoms with Crippen LogP contribution in [0.15, 0.2) is 49.1 Å². The number of pyridine rings is 1. The lowest BCUT2D eigenvalue weighted by Crippen LogP contribution is -2.51. The van der Waals surface area contributed by atoms with Crippen LogP contribution in [0.1, 0.15) is 41.0 Å². The highest BCUT2D eigenvalue weighted by Gasteiger charge is 2.39. The lowest BCUT2D eigenvalue weighted by molar-refractivity contribution is 0.113. The molecule has 0 spiro atoms. The second-order valence-corrected chi connectivity index (χ2v) is 9.43. The number of amides is 2. The number of aliphatic hydroxyl groups is 1. The Morgan fingerprint density at radius 2 is 2.00 bits per heavy atom. The minimum atomic E-state index is -1.34. The van der Waals surface area contributed by atoms with Crippen LogP contribution in [0.2, 0.25) is 5.02 Å². The van der Waals surface area contributed by atoms with Crippen LogP contribution >= 0.6 is 11.6 Å². The Morgan fingerprint density at radius 1 is 1.24 bits per heavy atom. The molecule has 1 fully saturated rings. The van der Waals surface area contributed by atoms with E-state index in [1.165, 1.54) is 0 Å². The number of halogens is 1. The minimum Gasteiger partial charge on any atom is -0.379 e. The molecule has 3 aromatic rings. The molecule has 0 unspecified atom stereocenters. The molecule has 2 atom stereocenters. The van der Waals surface area contributed by atoms with Crippen molar-refractivity contribution < 1.29 is 9.90 Å². The summed E-state index contributed by atoms with van der Waals surface area (Å²) in [6.45, 7) is 4.18. The number of aryl methyl sites for hydroxylation is 1. The van der Waals surface area contributed by atoms with Crippen molar-refractivity contribution in [1.29, 1.82) is 0 Å². The third-order valence-electron chi connectivity index (χ3n) is 6.86. The summed E-state index contributed by atoms with van der Waals surface area (Å²) in [5.41, 5.74) is 9.25. The number of hydrogen-bond donors (Lipinski definition) is 2. The Bertz CT molecular complexity index is 1280. The first-order valence-corrected chi connectivity index (χ1v) is 11.6. The number of hydrogen-bond acceptors (Lipinski definition) is 5. The van der Waals surface area contributed by atoms with Crippen molar-refractivity contribution in [3.63, 3.8) is 0 Å². The first-order valence-electron chi connectivity index (χ1n) is 11.2. The maximum absolute atomic E-state index is 11.9. The van der Waals surface area contributed by atoms with Crippen LogP contribution < -0.4 is 5.73 Å². The lowest BCUT2D eigenvalue weighted by Gasteiger charge is -2.39. The van der Waals surface area contributed by atoms with Crippen molar-refractivity contribution in [2.24, 2.45) is 12.8 Å². The molecular weight excluding hydrogens is 452 g/mol. The molecular formula is C25H27ClN6O2. The van der Waals surface area contributed by atoms with Crippen molar-refractivity contribution in [2.75, 3.05) is 26.2 Å². The molecule has 0 radical (unpaired) electrons. The fourth-order valence-electron chi connectivity index (χ4n) is 5.10. The molecule has 1 aliphatic carbocycles. The summed E-state index contributed by atoms with van der Waals surface area (Å²) >= 11 is 6.49. The van der Waals surface area contributed by atoms with Gasteiger partial charge in [0.2, 0.25) is 0 Å². The molecule has 0 bridgehead atoms. The van der Waals surface area contributed by atoms with E-state index in [-0.39, 0.29) is 6.04 Å². The summed E-state index contributed by atoms with van der Waals surface area (Å²) in [7, 11) is 1.86. The van der Waals surface area contributed by atoms with Crippen LogP contribution in [-0.4, -0.2) is 61.7 Å². The van der Waals surface area contributed by atoms with Gasteiger partial charge in [0.15, 0.2) is 0 Å². The monoisotopic (exact) mass is 478 g/mol. The number of carbonyl (C=O) groups is 1. The fourth-order valence-corrected chi connectivity index (χ4v) is 5.27. The number of piperazine rings is 1. The van der Waals surface area contributed by atoms with Crippen molar-refractivity contribution in [2.45, 2.75) is 18.6 Å². The highest BCUT2D eigenvalue weighted by atomic mass is 35.5. The maximum Gasteiger partial charge on any atom is 0.314 e. The predicted octanol–water partition coefficient (Wildman–Crippen LogP) is 3.02. The van der Waals surface area contributed by atoms with Gasteiger partial charge in [-0.1, -0.05) is 23.7 Å². The molecule has 3 N–H and O–H groups in total. The van der Waals surface area contributed by atoms with E-state index in [1.54, 1.807) is 30.5 Å². The van der Waals surface area contributed by atoms with Crippen LogP contribution in [0.5, 0.6) is 0 Å². The number of aromatic nitrogens is 3. The van der Waals surface area contributed by atoms with E-state index in [4.69, 9.17) is 22.3 Å². The molecule has 1 saturated heterocycles. The average molecular weight is 479 g/mol. The molecule has 2 aliphatic rings. The highest BCUT2D eigenvalue weighted by Crippen LogP contribution is 2.46. The van der Waals surface area contributed by atoms with Gasteiger partial charge in [-0.25, -0.2) is 9.78 Å². The Labute approximate surface area is 203 Å². The topological polar surface area (TPSA) is 101 Å². The van der Waals surface area contributed by atoms with Crippen molar-refractivity contribution in [3.8, 4) is 0 Å². The first kappa shape index (κ1) is 22.6. The lowest BCUT2D eigenvalue weighted by atomic mass is 9.84. The molecule has 2 amide bonds. The van der Waals surface area contributed by atoms with Crippen LogP contribution in [0.3, 0.4) is 0 Å². The smallest absolute Gasteiger partial charge is 0.314 e. The van der Waals surface area contributed by atoms with Gasteiger partial charge in [-0.05, 0) is 53.5 Å². The van der Waals surface area contributed by atoms with Gasteiger partial charge < -0.3 is 20.3 Å². The number of primary amides is 1. The van der Waals surface area contributed by atoms with E-state index in [2.05, 4.69) is 9.88 Å². The van der Waals surface area contributed by atoms with Gasteiger partial charge in [0, 0.05) is 44.4 Å². The number of carbonyl (C=O) groups excluding carboxylic acids is 1. The summed E-state index contributed by atoms with van der Waals surface area (Å²) in [4.78, 5) is 24.7. The third-order valence-corrected chi connectivity index (χ3v) is 7.10. The molecule has 5 rings (SSSR count). The molecule has 176 valence electrons. The van der Waals surface area contributed by atoms with Gasteiger partial charge in [0.1, 0.15) is 5.60 Å². The number of urea groups is 1. The van der Waals surface area contributed by atoms with E-state index in [1.807, 2.05) is 48.0 Å².